The van der Waals surface area contributed by atoms with Crippen molar-refractivity contribution in [2.75, 3.05) is 0 Å². The molecular weight excluding hydrogens is 202 g/mol. The highest BCUT2D eigenvalue weighted by Gasteiger charge is 2.29. The number of nitrogens with zero attached hydrogens (tertiary/aromatic N) is 2. The summed E-state index contributed by atoms with van der Waals surface area (Å²) in [7, 11) is -1.60. The van der Waals surface area contributed by atoms with Gasteiger partial charge in [0, 0.05) is 19.3 Å². The van der Waals surface area contributed by atoms with E-state index in [9.17, 15) is 8.42 Å². The lowest BCUT2D eigenvalue weighted by molar-refractivity contribution is 0.577. The molecule has 14 heavy (non-hydrogen) atoms. The summed E-state index contributed by atoms with van der Waals surface area (Å²) in [4.78, 5) is 3.98. The van der Waals surface area contributed by atoms with Crippen LogP contribution in [0.1, 0.15) is 18.7 Å². The van der Waals surface area contributed by atoms with Crippen LogP contribution in [0, 0.1) is 6.92 Å². The molecular formula is C8H13N3O2S. The minimum absolute atomic E-state index is 0.115. The lowest BCUT2D eigenvalue weighted by Gasteiger charge is -2.00. The second kappa shape index (κ2) is 3.06. The SMILES string of the molecule is Cc1nc(S(=O)(=O)NC2CC2)cn1C. The molecule has 1 aliphatic carbocycles. The molecule has 0 saturated heterocycles. The van der Waals surface area contributed by atoms with Gasteiger partial charge in [-0.15, -0.1) is 0 Å². The third kappa shape index (κ3) is 1.80. The first-order chi connectivity index (χ1) is 6.49. The van der Waals surface area contributed by atoms with Crippen molar-refractivity contribution in [2.45, 2.75) is 30.8 Å². The fourth-order valence-corrected chi connectivity index (χ4v) is 2.48. The Labute approximate surface area is 83.2 Å². The Morgan fingerprint density at radius 2 is 2.21 bits per heavy atom. The van der Waals surface area contributed by atoms with Gasteiger partial charge < -0.3 is 4.57 Å². The van der Waals surface area contributed by atoms with E-state index in [-0.39, 0.29) is 11.1 Å². The standard InChI is InChI=1S/C8H13N3O2S/c1-6-9-8(5-11(6)2)14(12,13)10-7-3-4-7/h5,7,10H,3-4H2,1-2H3. The number of nitrogens with one attached hydrogen (secondary N) is 1. The molecule has 1 fully saturated rings. The first kappa shape index (κ1) is 9.67. The van der Waals surface area contributed by atoms with Crippen molar-refractivity contribution < 1.29 is 8.42 Å². The van der Waals surface area contributed by atoms with Gasteiger partial charge in [0.2, 0.25) is 0 Å². The Hall–Kier alpha value is -0.880. The summed E-state index contributed by atoms with van der Waals surface area (Å²) < 4.78 is 27.6. The van der Waals surface area contributed by atoms with Gasteiger partial charge in [0.1, 0.15) is 5.82 Å². The summed E-state index contributed by atoms with van der Waals surface area (Å²) in [6.45, 7) is 1.77. The number of imidazole rings is 1. The van der Waals surface area contributed by atoms with Gasteiger partial charge in [0.25, 0.3) is 10.0 Å². The maximum Gasteiger partial charge on any atom is 0.259 e. The van der Waals surface area contributed by atoms with Crippen LogP contribution in [0.25, 0.3) is 0 Å². The average Bonchev–Trinajstić information content (AvgIpc) is 2.79. The molecule has 1 aliphatic rings. The lowest BCUT2D eigenvalue weighted by Crippen LogP contribution is -2.26. The van der Waals surface area contributed by atoms with Crippen molar-refractivity contribution >= 4 is 10.0 Å². The van der Waals surface area contributed by atoms with Crippen LogP contribution in [0.5, 0.6) is 0 Å². The zero-order valence-electron chi connectivity index (χ0n) is 8.19. The molecule has 0 aromatic carbocycles. The summed E-state index contributed by atoms with van der Waals surface area (Å²) in [5.41, 5.74) is 0. The van der Waals surface area contributed by atoms with Crippen molar-refractivity contribution in [3.63, 3.8) is 0 Å². The Balaban J connectivity index is 2.28. The first-order valence-corrected chi connectivity index (χ1v) is 5.99. The number of sulfonamides is 1. The van der Waals surface area contributed by atoms with E-state index >= 15 is 0 Å². The number of aryl methyl sites for hydroxylation is 2. The zero-order valence-corrected chi connectivity index (χ0v) is 9.00. The van der Waals surface area contributed by atoms with Crippen molar-refractivity contribution in [3.05, 3.63) is 12.0 Å². The van der Waals surface area contributed by atoms with Crippen LogP contribution in [0.4, 0.5) is 0 Å². The van der Waals surface area contributed by atoms with Gasteiger partial charge in [-0.2, -0.15) is 0 Å². The minimum atomic E-state index is -3.38. The normalized spacial score (nSPS) is 17.3. The van der Waals surface area contributed by atoms with Gasteiger partial charge >= 0.3 is 0 Å². The highest BCUT2D eigenvalue weighted by atomic mass is 32.2. The van der Waals surface area contributed by atoms with Crippen LogP contribution in [-0.2, 0) is 17.1 Å². The first-order valence-electron chi connectivity index (χ1n) is 4.51. The Morgan fingerprint density at radius 1 is 1.57 bits per heavy atom. The molecule has 0 bridgehead atoms. The van der Waals surface area contributed by atoms with Crippen LogP contribution in [0.15, 0.2) is 11.2 Å². The second-order valence-electron chi connectivity index (χ2n) is 3.63. The number of hydrogen-bond donors (Lipinski definition) is 1. The van der Waals surface area contributed by atoms with Crippen molar-refractivity contribution in [1.82, 2.24) is 14.3 Å². The predicted molar refractivity (Wildman–Crippen MR) is 51.3 cm³/mol. The third-order valence-electron chi connectivity index (χ3n) is 2.26. The topological polar surface area (TPSA) is 64.0 Å². The van der Waals surface area contributed by atoms with Gasteiger partial charge in [0.05, 0.1) is 0 Å². The van der Waals surface area contributed by atoms with Crippen LogP contribution < -0.4 is 4.72 Å². The largest absolute Gasteiger partial charge is 0.337 e. The Kier molecular flexibility index (Phi) is 2.11. The van der Waals surface area contributed by atoms with E-state index < -0.39 is 10.0 Å². The summed E-state index contributed by atoms with van der Waals surface area (Å²) in [6, 6.07) is 0.127. The molecule has 5 nitrogen and oxygen atoms in total. The van der Waals surface area contributed by atoms with Gasteiger partial charge in [0.15, 0.2) is 5.03 Å². The van der Waals surface area contributed by atoms with Crippen LogP contribution >= 0.6 is 0 Å². The maximum atomic E-state index is 11.7. The second-order valence-corrected chi connectivity index (χ2v) is 5.29. The van der Waals surface area contributed by atoms with Crippen LogP contribution in [-0.4, -0.2) is 24.0 Å². The van der Waals surface area contributed by atoms with E-state index in [1.54, 1.807) is 18.5 Å². The van der Waals surface area contributed by atoms with Crippen LogP contribution in [0.2, 0.25) is 0 Å². The van der Waals surface area contributed by atoms with Gasteiger partial charge in [-0.25, -0.2) is 18.1 Å². The van der Waals surface area contributed by atoms with E-state index in [0.29, 0.717) is 5.82 Å². The highest BCUT2D eigenvalue weighted by Crippen LogP contribution is 2.21. The minimum Gasteiger partial charge on any atom is -0.337 e. The number of aromatic nitrogens is 2. The number of hydrogen-bond acceptors (Lipinski definition) is 3. The predicted octanol–water partition coefficient (Wildman–Crippen LogP) is 0.169. The van der Waals surface area contributed by atoms with E-state index in [1.165, 1.54) is 6.20 Å². The quantitative estimate of drug-likeness (QED) is 0.781. The Bertz CT molecular complexity index is 426. The van der Waals surface area contributed by atoms with Crippen molar-refractivity contribution in [3.8, 4) is 0 Å². The summed E-state index contributed by atoms with van der Waals surface area (Å²) >= 11 is 0. The third-order valence-corrected chi connectivity index (χ3v) is 3.65. The average molecular weight is 215 g/mol. The van der Waals surface area contributed by atoms with Gasteiger partial charge in [-0.05, 0) is 19.8 Å². The van der Waals surface area contributed by atoms with E-state index in [2.05, 4.69) is 9.71 Å². The fraction of sp³-hybridized carbons (Fsp3) is 0.625. The molecule has 1 heterocycles. The fourth-order valence-electron chi connectivity index (χ4n) is 1.14. The van der Waals surface area contributed by atoms with E-state index in [1.807, 2.05) is 0 Å². The molecule has 0 unspecified atom stereocenters. The molecule has 0 spiro atoms. The Morgan fingerprint density at radius 3 is 2.64 bits per heavy atom. The number of rotatable bonds is 3. The molecule has 0 radical (unpaired) electrons. The highest BCUT2D eigenvalue weighted by molar-refractivity contribution is 7.89. The molecule has 1 N–H and O–H groups in total. The maximum absolute atomic E-state index is 11.7. The van der Waals surface area contributed by atoms with E-state index in [4.69, 9.17) is 0 Å². The summed E-state index contributed by atoms with van der Waals surface area (Å²) in [5, 5.41) is 0.115. The van der Waals surface area contributed by atoms with Gasteiger partial charge in [-0.1, -0.05) is 0 Å². The molecule has 1 saturated carbocycles. The summed E-state index contributed by atoms with van der Waals surface area (Å²) in [5.74, 6) is 0.696. The molecule has 1 aromatic heterocycles. The molecule has 78 valence electrons. The molecule has 1 aromatic rings. The lowest BCUT2D eigenvalue weighted by atomic mass is 10.7. The molecule has 6 heteroatoms. The van der Waals surface area contributed by atoms with Crippen LogP contribution in [0.3, 0.4) is 0 Å². The molecule has 0 aliphatic heterocycles. The molecule has 0 atom stereocenters. The molecule has 2 rings (SSSR count). The zero-order chi connectivity index (χ0) is 10.3. The van der Waals surface area contributed by atoms with Gasteiger partial charge in [-0.3, -0.25) is 0 Å². The van der Waals surface area contributed by atoms with Crippen molar-refractivity contribution in [2.24, 2.45) is 7.05 Å². The van der Waals surface area contributed by atoms with E-state index in [0.717, 1.165) is 12.8 Å². The monoisotopic (exact) mass is 215 g/mol. The van der Waals surface area contributed by atoms with Crippen molar-refractivity contribution in [1.29, 1.82) is 0 Å². The summed E-state index contributed by atoms with van der Waals surface area (Å²) in [6.07, 6.45) is 3.40. The molecule has 0 amide bonds. The smallest absolute Gasteiger partial charge is 0.259 e.